The van der Waals surface area contributed by atoms with Gasteiger partial charge in [0.15, 0.2) is 10.8 Å². The van der Waals surface area contributed by atoms with Crippen LogP contribution in [0.2, 0.25) is 5.02 Å². The van der Waals surface area contributed by atoms with Gasteiger partial charge in [0.25, 0.3) is 0 Å². The molecule has 3 aromatic rings. The van der Waals surface area contributed by atoms with Gasteiger partial charge in [-0.1, -0.05) is 11.6 Å². The maximum atomic E-state index is 13.8. The van der Waals surface area contributed by atoms with Gasteiger partial charge in [0.2, 0.25) is 0 Å². The number of halogens is 3. The summed E-state index contributed by atoms with van der Waals surface area (Å²) in [5.41, 5.74) is 1.89. The number of anilines is 1. The Morgan fingerprint density at radius 1 is 1.33 bits per heavy atom. The first kappa shape index (κ1) is 14.3. The molecule has 110 valence electrons. The van der Waals surface area contributed by atoms with E-state index in [0.29, 0.717) is 6.54 Å². The standard InChI is InChI=1S/C14H12ClF2N3S/c1-7-6-20-12(8(2)19-14(20)21-7)5-18-13-10(15)3-9(16)4-11(13)17/h3-4,6,18H,5H2,1-2H3. The van der Waals surface area contributed by atoms with Crippen molar-refractivity contribution in [3.63, 3.8) is 0 Å². The van der Waals surface area contributed by atoms with Crippen molar-refractivity contribution in [3.05, 3.63) is 51.3 Å². The van der Waals surface area contributed by atoms with Gasteiger partial charge in [-0.25, -0.2) is 13.8 Å². The molecule has 0 radical (unpaired) electrons. The number of nitrogens with zero attached hydrogens (tertiary/aromatic N) is 2. The normalized spacial score (nSPS) is 11.3. The highest BCUT2D eigenvalue weighted by Gasteiger charge is 2.14. The van der Waals surface area contributed by atoms with Crippen LogP contribution >= 0.6 is 22.9 Å². The largest absolute Gasteiger partial charge is 0.376 e. The van der Waals surface area contributed by atoms with Gasteiger partial charge in [-0.05, 0) is 19.9 Å². The first-order valence-corrected chi connectivity index (χ1v) is 7.47. The lowest BCUT2D eigenvalue weighted by molar-refractivity contribution is 0.585. The molecule has 0 aliphatic carbocycles. The Labute approximate surface area is 129 Å². The van der Waals surface area contributed by atoms with E-state index in [2.05, 4.69) is 10.3 Å². The van der Waals surface area contributed by atoms with Gasteiger partial charge in [0.05, 0.1) is 28.6 Å². The summed E-state index contributed by atoms with van der Waals surface area (Å²) in [5.74, 6) is -1.40. The Balaban J connectivity index is 1.92. The summed E-state index contributed by atoms with van der Waals surface area (Å²) in [6.45, 7) is 4.25. The Morgan fingerprint density at radius 3 is 2.81 bits per heavy atom. The average molecular weight is 328 g/mol. The first-order chi connectivity index (χ1) is 9.95. The molecule has 1 N–H and O–H groups in total. The summed E-state index contributed by atoms with van der Waals surface area (Å²) in [6.07, 6.45) is 1.99. The Morgan fingerprint density at radius 2 is 2.10 bits per heavy atom. The first-order valence-electron chi connectivity index (χ1n) is 6.28. The minimum Gasteiger partial charge on any atom is -0.376 e. The second-order valence-electron chi connectivity index (χ2n) is 4.74. The summed E-state index contributed by atoms with van der Waals surface area (Å²) in [5, 5.41) is 2.94. The van der Waals surface area contributed by atoms with Gasteiger partial charge >= 0.3 is 0 Å². The zero-order valence-electron chi connectivity index (χ0n) is 11.4. The molecular weight excluding hydrogens is 316 g/mol. The molecule has 0 saturated heterocycles. The predicted molar refractivity (Wildman–Crippen MR) is 81.2 cm³/mol. The van der Waals surface area contributed by atoms with Crippen LogP contribution in [0.25, 0.3) is 4.96 Å². The van der Waals surface area contributed by atoms with E-state index in [9.17, 15) is 8.78 Å². The third-order valence-corrected chi connectivity index (χ3v) is 4.38. The zero-order chi connectivity index (χ0) is 15.1. The monoisotopic (exact) mass is 327 g/mol. The molecule has 0 unspecified atom stereocenters. The van der Waals surface area contributed by atoms with E-state index in [-0.39, 0.29) is 10.7 Å². The van der Waals surface area contributed by atoms with Gasteiger partial charge in [-0.3, -0.25) is 4.40 Å². The summed E-state index contributed by atoms with van der Waals surface area (Å²) in [4.78, 5) is 6.50. The van der Waals surface area contributed by atoms with E-state index >= 15 is 0 Å². The fraction of sp³-hybridized carbons (Fsp3) is 0.214. The number of benzene rings is 1. The molecule has 0 spiro atoms. The van der Waals surface area contributed by atoms with Crippen molar-refractivity contribution in [3.8, 4) is 0 Å². The fourth-order valence-electron chi connectivity index (χ4n) is 2.21. The van der Waals surface area contributed by atoms with Gasteiger partial charge in [0, 0.05) is 17.1 Å². The van der Waals surface area contributed by atoms with Crippen molar-refractivity contribution in [1.29, 1.82) is 0 Å². The van der Waals surface area contributed by atoms with Crippen LogP contribution in [0, 0.1) is 25.5 Å². The van der Waals surface area contributed by atoms with Crippen molar-refractivity contribution in [2.24, 2.45) is 0 Å². The second-order valence-corrected chi connectivity index (χ2v) is 6.36. The molecule has 0 amide bonds. The molecule has 0 aliphatic rings. The minimum absolute atomic E-state index is 0.0208. The lowest BCUT2D eigenvalue weighted by Crippen LogP contribution is -2.06. The summed E-state index contributed by atoms with van der Waals surface area (Å²) < 4.78 is 28.8. The Kier molecular flexibility index (Phi) is 3.59. The van der Waals surface area contributed by atoms with E-state index in [1.54, 1.807) is 11.3 Å². The van der Waals surface area contributed by atoms with Crippen LogP contribution in [0.3, 0.4) is 0 Å². The smallest absolute Gasteiger partial charge is 0.194 e. The average Bonchev–Trinajstić information content (AvgIpc) is 2.84. The van der Waals surface area contributed by atoms with Gasteiger partial charge in [-0.2, -0.15) is 0 Å². The van der Waals surface area contributed by atoms with E-state index in [4.69, 9.17) is 11.6 Å². The third-order valence-electron chi connectivity index (χ3n) is 3.18. The van der Waals surface area contributed by atoms with Crippen LogP contribution in [-0.4, -0.2) is 9.38 Å². The maximum Gasteiger partial charge on any atom is 0.194 e. The fourth-order valence-corrected chi connectivity index (χ4v) is 3.36. The molecule has 21 heavy (non-hydrogen) atoms. The highest BCUT2D eigenvalue weighted by Crippen LogP contribution is 2.28. The molecule has 3 rings (SSSR count). The molecule has 3 nitrogen and oxygen atoms in total. The van der Waals surface area contributed by atoms with Crippen molar-refractivity contribution < 1.29 is 8.78 Å². The Hall–Kier alpha value is -1.66. The number of thiazole rings is 1. The Bertz CT molecular complexity index is 802. The molecule has 0 fully saturated rings. The van der Waals surface area contributed by atoms with Gasteiger partial charge in [0.1, 0.15) is 5.82 Å². The van der Waals surface area contributed by atoms with Crippen LogP contribution in [-0.2, 0) is 6.54 Å². The van der Waals surface area contributed by atoms with E-state index in [0.717, 1.165) is 33.4 Å². The summed E-state index contributed by atoms with van der Waals surface area (Å²) in [7, 11) is 0. The molecule has 0 aliphatic heterocycles. The number of aryl methyl sites for hydroxylation is 2. The van der Waals surface area contributed by atoms with Gasteiger partial charge in [-0.15, -0.1) is 11.3 Å². The van der Waals surface area contributed by atoms with Crippen LogP contribution in [0.5, 0.6) is 0 Å². The highest BCUT2D eigenvalue weighted by molar-refractivity contribution is 7.17. The predicted octanol–water partition coefficient (Wildman–Crippen LogP) is 4.56. The second kappa shape index (κ2) is 5.27. The number of hydrogen-bond donors (Lipinski definition) is 1. The summed E-state index contributed by atoms with van der Waals surface area (Å²) >= 11 is 7.47. The number of aromatic nitrogens is 2. The molecular formula is C14H12ClF2N3S. The number of nitrogens with one attached hydrogen (secondary N) is 1. The molecule has 0 saturated carbocycles. The molecule has 2 heterocycles. The third kappa shape index (κ3) is 2.61. The molecule has 7 heteroatoms. The van der Waals surface area contributed by atoms with E-state index in [1.165, 1.54) is 0 Å². The SMILES string of the molecule is Cc1cn2c(CNc3c(F)cc(F)cc3Cl)c(C)nc2s1. The maximum absolute atomic E-state index is 13.8. The molecule has 2 aromatic heterocycles. The van der Waals surface area contributed by atoms with Crippen LogP contribution in [0.15, 0.2) is 18.3 Å². The number of rotatable bonds is 3. The number of fused-ring (bicyclic) bond motifs is 1. The molecule has 0 atom stereocenters. The number of imidazole rings is 1. The number of hydrogen-bond acceptors (Lipinski definition) is 3. The van der Waals surface area contributed by atoms with Crippen molar-refractivity contribution in [2.45, 2.75) is 20.4 Å². The summed E-state index contributed by atoms with van der Waals surface area (Å²) in [6, 6.07) is 1.89. The lowest BCUT2D eigenvalue weighted by atomic mass is 10.2. The van der Waals surface area contributed by atoms with Crippen molar-refractivity contribution in [2.75, 3.05) is 5.32 Å². The quantitative estimate of drug-likeness (QED) is 0.764. The van der Waals surface area contributed by atoms with Crippen molar-refractivity contribution >= 4 is 33.6 Å². The highest BCUT2D eigenvalue weighted by atomic mass is 35.5. The lowest BCUT2D eigenvalue weighted by Gasteiger charge is -2.10. The molecule has 1 aromatic carbocycles. The van der Waals surface area contributed by atoms with Crippen LogP contribution < -0.4 is 5.32 Å². The topological polar surface area (TPSA) is 29.3 Å². The van der Waals surface area contributed by atoms with E-state index < -0.39 is 11.6 Å². The van der Waals surface area contributed by atoms with E-state index in [1.807, 2.05) is 24.4 Å². The zero-order valence-corrected chi connectivity index (χ0v) is 12.9. The van der Waals surface area contributed by atoms with Gasteiger partial charge < -0.3 is 5.32 Å². The molecule has 0 bridgehead atoms. The minimum atomic E-state index is -0.708. The van der Waals surface area contributed by atoms with Crippen LogP contribution in [0.4, 0.5) is 14.5 Å². The van der Waals surface area contributed by atoms with Crippen LogP contribution in [0.1, 0.15) is 16.3 Å². The van der Waals surface area contributed by atoms with Crippen molar-refractivity contribution in [1.82, 2.24) is 9.38 Å².